The number of hydrogen-bond donors (Lipinski definition) is 3. The van der Waals surface area contributed by atoms with Gasteiger partial charge in [0.05, 0.1) is 6.42 Å². The zero-order valence-corrected chi connectivity index (χ0v) is 20.3. The second-order valence-electron chi connectivity index (χ2n) is 8.72. The number of carbonyl (C=O) groups is 4. The summed E-state index contributed by atoms with van der Waals surface area (Å²) < 4.78 is 5.45. The number of rotatable bonds is 12. The summed E-state index contributed by atoms with van der Waals surface area (Å²) >= 11 is 0. The summed E-state index contributed by atoms with van der Waals surface area (Å²) in [6, 6.07) is 7.66. The van der Waals surface area contributed by atoms with Gasteiger partial charge in [-0.15, -0.1) is 0 Å². The smallest absolute Gasteiger partial charge is 0.329 e. The molecule has 0 aliphatic carbocycles. The molecule has 1 fully saturated rings. The molecule has 0 aromatic heterocycles. The molecule has 1 aromatic rings. The second-order valence-corrected chi connectivity index (χ2v) is 8.72. The first-order chi connectivity index (χ1) is 16.3. The number of aliphatic hydroxyl groups is 1. The van der Waals surface area contributed by atoms with Crippen LogP contribution in [0.4, 0.5) is 0 Å². The molecule has 0 radical (unpaired) electrons. The Hall–Kier alpha value is -2.94. The number of aliphatic hydroxyl groups excluding tert-OH is 1. The molecule has 1 heterocycles. The summed E-state index contributed by atoms with van der Waals surface area (Å²) in [5, 5.41) is 15.4. The van der Waals surface area contributed by atoms with E-state index >= 15 is 0 Å². The van der Waals surface area contributed by atoms with Gasteiger partial charge in [0.25, 0.3) is 0 Å². The molecule has 1 saturated heterocycles. The summed E-state index contributed by atoms with van der Waals surface area (Å²) in [5.41, 5.74) is 0.855. The van der Waals surface area contributed by atoms with Crippen molar-refractivity contribution in [2.24, 2.45) is 5.92 Å². The highest BCUT2D eigenvalue weighted by atomic mass is 16.5. The van der Waals surface area contributed by atoms with Gasteiger partial charge in [-0.2, -0.15) is 0 Å². The summed E-state index contributed by atoms with van der Waals surface area (Å²) in [5.74, 6) is -2.32. The molecule has 0 bridgehead atoms. The molecule has 3 N–H and O–H groups in total. The van der Waals surface area contributed by atoms with Crippen molar-refractivity contribution in [1.29, 1.82) is 0 Å². The van der Waals surface area contributed by atoms with Crippen LogP contribution in [-0.2, 0) is 30.5 Å². The topological polar surface area (TPSA) is 125 Å². The maximum absolute atomic E-state index is 13.4. The third-order valence-electron chi connectivity index (χ3n) is 6.06. The normalized spacial score (nSPS) is 18.0. The Morgan fingerprint density at radius 1 is 1.18 bits per heavy atom. The number of amides is 3. The number of carbonyl (C=O) groups excluding carboxylic acids is 4. The number of nitrogens with one attached hydrogen (secondary N) is 2. The van der Waals surface area contributed by atoms with Crippen molar-refractivity contribution in [3.8, 4) is 0 Å². The Bertz CT molecular complexity index is 831. The molecule has 2 rings (SSSR count). The van der Waals surface area contributed by atoms with Gasteiger partial charge in [-0.25, -0.2) is 4.79 Å². The average Bonchev–Trinajstić information content (AvgIpc) is 3.34. The van der Waals surface area contributed by atoms with Crippen molar-refractivity contribution in [1.82, 2.24) is 15.5 Å². The lowest BCUT2D eigenvalue weighted by molar-refractivity contribution is -0.156. The Kier molecular flexibility index (Phi) is 11.0. The third-order valence-corrected chi connectivity index (χ3v) is 6.06. The zero-order valence-electron chi connectivity index (χ0n) is 20.3. The van der Waals surface area contributed by atoms with Crippen LogP contribution in [0.3, 0.4) is 0 Å². The number of ether oxygens (including phenoxy) is 1. The fourth-order valence-corrected chi connectivity index (χ4v) is 3.82. The molecule has 0 saturated carbocycles. The number of hydrogen-bond acceptors (Lipinski definition) is 6. The van der Waals surface area contributed by atoms with Crippen LogP contribution in [0.15, 0.2) is 30.3 Å². The quantitative estimate of drug-likeness (QED) is 0.394. The van der Waals surface area contributed by atoms with Gasteiger partial charge >= 0.3 is 5.97 Å². The molecule has 34 heavy (non-hydrogen) atoms. The van der Waals surface area contributed by atoms with Crippen LogP contribution in [0.5, 0.6) is 0 Å². The summed E-state index contributed by atoms with van der Waals surface area (Å²) in [7, 11) is 0. The highest BCUT2D eigenvalue weighted by molar-refractivity contribution is 5.93. The first-order valence-electron chi connectivity index (χ1n) is 12.0. The van der Waals surface area contributed by atoms with Crippen LogP contribution in [-0.4, -0.2) is 65.0 Å². The van der Waals surface area contributed by atoms with Crippen molar-refractivity contribution < 1.29 is 29.0 Å². The zero-order chi connectivity index (χ0) is 25.1. The highest BCUT2D eigenvalue weighted by Gasteiger charge is 2.40. The van der Waals surface area contributed by atoms with Gasteiger partial charge in [0.2, 0.25) is 17.7 Å². The predicted octanol–water partition coefficient (Wildman–Crippen LogP) is 1.53. The minimum atomic E-state index is -1.57. The van der Waals surface area contributed by atoms with E-state index in [0.29, 0.717) is 32.4 Å². The molecular weight excluding hydrogens is 438 g/mol. The van der Waals surface area contributed by atoms with Crippen LogP contribution in [0, 0.1) is 5.92 Å². The molecule has 1 aliphatic heterocycles. The summed E-state index contributed by atoms with van der Waals surface area (Å²) in [6.07, 6.45) is 0.524. The SMILES string of the molecule is CCCNC(=O)C[C@H](O)C(=O)N[C@H](C(=O)N1CCC[C@H]1C(=O)OCc1ccccc1)[C@@H](C)CC. The van der Waals surface area contributed by atoms with Crippen molar-refractivity contribution >= 4 is 23.7 Å². The van der Waals surface area contributed by atoms with E-state index < -0.39 is 36.0 Å². The van der Waals surface area contributed by atoms with Crippen LogP contribution in [0.25, 0.3) is 0 Å². The van der Waals surface area contributed by atoms with Gasteiger partial charge < -0.3 is 25.4 Å². The first-order valence-corrected chi connectivity index (χ1v) is 12.0. The summed E-state index contributed by atoms with van der Waals surface area (Å²) in [4.78, 5) is 52.0. The lowest BCUT2D eigenvalue weighted by atomic mass is 9.97. The van der Waals surface area contributed by atoms with Crippen molar-refractivity contribution in [3.05, 3.63) is 35.9 Å². The highest BCUT2D eigenvalue weighted by Crippen LogP contribution is 2.23. The molecule has 188 valence electrons. The number of esters is 1. The van der Waals surface area contributed by atoms with Crippen molar-refractivity contribution in [2.45, 2.75) is 77.7 Å². The van der Waals surface area contributed by atoms with Gasteiger partial charge in [-0.3, -0.25) is 14.4 Å². The van der Waals surface area contributed by atoms with Crippen LogP contribution in [0.2, 0.25) is 0 Å². The molecule has 1 aromatic carbocycles. The molecule has 0 spiro atoms. The maximum Gasteiger partial charge on any atom is 0.329 e. The van der Waals surface area contributed by atoms with Crippen LogP contribution in [0.1, 0.15) is 58.4 Å². The van der Waals surface area contributed by atoms with E-state index in [0.717, 1.165) is 12.0 Å². The van der Waals surface area contributed by atoms with Crippen LogP contribution < -0.4 is 10.6 Å². The van der Waals surface area contributed by atoms with Gasteiger partial charge in [0.1, 0.15) is 24.8 Å². The van der Waals surface area contributed by atoms with Gasteiger partial charge in [0, 0.05) is 13.1 Å². The lowest BCUT2D eigenvalue weighted by Crippen LogP contribution is -2.56. The second kappa shape index (κ2) is 13.7. The molecule has 1 aliphatic rings. The molecule has 9 heteroatoms. The molecule has 4 atom stereocenters. The Morgan fingerprint density at radius 2 is 1.88 bits per heavy atom. The van der Waals surface area contributed by atoms with E-state index in [1.165, 1.54) is 4.90 Å². The molecule has 3 amide bonds. The van der Waals surface area contributed by atoms with Gasteiger partial charge in [-0.1, -0.05) is 57.5 Å². The number of benzene rings is 1. The average molecular weight is 476 g/mol. The first kappa shape index (κ1) is 27.3. The van der Waals surface area contributed by atoms with Gasteiger partial charge in [-0.05, 0) is 30.7 Å². The standard InChI is InChI=1S/C25H37N3O6/c1-4-13-26-21(30)15-20(29)23(31)27-22(17(3)5-2)24(32)28-14-9-12-19(28)25(33)34-16-18-10-7-6-8-11-18/h6-8,10-11,17,19-20,22,29H,4-5,9,12-16H2,1-3H3,(H,26,30)(H,27,31)/t17-,19-,20-,22-/m0/s1. The number of nitrogens with zero attached hydrogens (tertiary/aromatic N) is 1. The third kappa shape index (κ3) is 7.83. The molecule has 0 unspecified atom stereocenters. The largest absolute Gasteiger partial charge is 0.459 e. The van der Waals surface area contributed by atoms with Crippen molar-refractivity contribution in [3.63, 3.8) is 0 Å². The fraction of sp³-hybridized carbons (Fsp3) is 0.600. The summed E-state index contributed by atoms with van der Waals surface area (Å²) in [6.45, 7) is 6.57. The van der Waals surface area contributed by atoms with Crippen molar-refractivity contribution in [2.75, 3.05) is 13.1 Å². The fourth-order valence-electron chi connectivity index (χ4n) is 3.82. The monoisotopic (exact) mass is 475 g/mol. The minimum absolute atomic E-state index is 0.121. The number of likely N-dealkylation sites (tertiary alicyclic amines) is 1. The van der Waals surface area contributed by atoms with E-state index in [1.54, 1.807) is 0 Å². The maximum atomic E-state index is 13.4. The molecule has 9 nitrogen and oxygen atoms in total. The van der Waals surface area contributed by atoms with E-state index in [9.17, 15) is 24.3 Å². The van der Waals surface area contributed by atoms with E-state index in [-0.39, 0.29) is 24.9 Å². The Morgan fingerprint density at radius 3 is 2.53 bits per heavy atom. The minimum Gasteiger partial charge on any atom is -0.459 e. The lowest BCUT2D eigenvalue weighted by Gasteiger charge is -2.31. The van der Waals surface area contributed by atoms with E-state index in [4.69, 9.17) is 4.74 Å². The van der Waals surface area contributed by atoms with E-state index in [2.05, 4.69) is 10.6 Å². The van der Waals surface area contributed by atoms with Crippen LogP contribution >= 0.6 is 0 Å². The van der Waals surface area contributed by atoms with Gasteiger partial charge in [0.15, 0.2) is 0 Å². The Labute approximate surface area is 201 Å². The van der Waals surface area contributed by atoms with E-state index in [1.807, 2.05) is 51.1 Å². The molecular formula is C25H37N3O6. The predicted molar refractivity (Wildman–Crippen MR) is 126 cm³/mol. The Balaban J connectivity index is 2.02.